The molecular formula is C22H43FN6O9. The second kappa shape index (κ2) is 14.0. The Balaban J connectivity index is 1.82. The molecule has 0 bridgehead atoms. The quantitative estimate of drug-likeness (QED) is 0.121. The Hall–Kier alpha value is -1.12. The van der Waals surface area contributed by atoms with Crippen LogP contribution in [-0.2, 0) is 23.7 Å². The van der Waals surface area contributed by atoms with Crippen LogP contribution >= 0.6 is 0 Å². The van der Waals surface area contributed by atoms with Gasteiger partial charge >= 0.3 is 0 Å². The first-order valence-corrected chi connectivity index (χ1v) is 12.9. The molecule has 16 heteroatoms. The van der Waals surface area contributed by atoms with Gasteiger partial charge < -0.3 is 73.4 Å². The van der Waals surface area contributed by atoms with Crippen LogP contribution in [0.2, 0.25) is 0 Å². The van der Waals surface area contributed by atoms with Crippen molar-refractivity contribution in [1.29, 1.82) is 0 Å². The van der Waals surface area contributed by atoms with Crippen LogP contribution in [0.1, 0.15) is 25.7 Å². The minimum atomic E-state index is -2.00. The highest BCUT2D eigenvalue weighted by molar-refractivity contribution is 5.80. The smallest absolute Gasteiger partial charge is 0.249 e. The van der Waals surface area contributed by atoms with E-state index in [-0.39, 0.29) is 32.0 Å². The van der Waals surface area contributed by atoms with Crippen LogP contribution in [-0.4, -0.2) is 132 Å². The van der Waals surface area contributed by atoms with E-state index in [1.807, 2.05) is 0 Å². The maximum absolute atomic E-state index is 16.2. The SMILES string of the molecule is NCC[C@H](O)C(=O)N[C@@H]1C[C@H](N)C(O[C@H]2OC(CN)CCC2N)C(F)[C@H]1O[C@H]1OC(CO)[C@H](O)[C@H](N)C1O. The van der Waals surface area contributed by atoms with Gasteiger partial charge in [-0.05, 0) is 32.2 Å². The highest BCUT2D eigenvalue weighted by Crippen LogP contribution is 2.33. The summed E-state index contributed by atoms with van der Waals surface area (Å²) in [7, 11) is 0. The molecule has 222 valence electrons. The number of halogens is 1. The Labute approximate surface area is 220 Å². The molecule has 1 saturated carbocycles. The largest absolute Gasteiger partial charge is 0.394 e. The van der Waals surface area contributed by atoms with Crippen LogP contribution in [0, 0.1) is 0 Å². The van der Waals surface area contributed by atoms with Crippen LogP contribution < -0.4 is 34.0 Å². The molecule has 0 radical (unpaired) electrons. The van der Waals surface area contributed by atoms with Gasteiger partial charge in [0.15, 0.2) is 18.8 Å². The van der Waals surface area contributed by atoms with E-state index >= 15 is 4.39 Å². The summed E-state index contributed by atoms with van der Waals surface area (Å²) in [4.78, 5) is 12.5. The van der Waals surface area contributed by atoms with Crippen molar-refractivity contribution in [3.05, 3.63) is 0 Å². The Morgan fingerprint density at radius 3 is 2.34 bits per heavy atom. The van der Waals surface area contributed by atoms with Crippen molar-refractivity contribution >= 4 is 5.91 Å². The lowest BCUT2D eigenvalue weighted by Crippen LogP contribution is -2.68. The van der Waals surface area contributed by atoms with E-state index in [0.717, 1.165) is 0 Å². The second-order valence-electron chi connectivity index (χ2n) is 10.1. The predicted octanol–water partition coefficient (Wildman–Crippen LogP) is -5.42. The molecular weight excluding hydrogens is 511 g/mol. The van der Waals surface area contributed by atoms with E-state index in [1.54, 1.807) is 0 Å². The number of amides is 1. The monoisotopic (exact) mass is 554 g/mol. The van der Waals surface area contributed by atoms with Crippen molar-refractivity contribution in [3.63, 3.8) is 0 Å². The van der Waals surface area contributed by atoms with Gasteiger partial charge in [0.1, 0.15) is 36.6 Å². The van der Waals surface area contributed by atoms with E-state index in [2.05, 4.69) is 5.32 Å². The number of aliphatic hydroxyl groups is 4. The summed E-state index contributed by atoms with van der Waals surface area (Å²) in [6, 6.07) is -3.89. The number of nitrogens with one attached hydrogen (secondary N) is 1. The van der Waals surface area contributed by atoms with Gasteiger partial charge in [-0.25, -0.2) is 4.39 Å². The van der Waals surface area contributed by atoms with Gasteiger partial charge in [0.25, 0.3) is 0 Å². The molecule has 3 rings (SSSR count). The molecule has 2 heterocycles. The molecule has 15 N–H and O–H groups in total. The lowest BCUT2D eigenvalue weighted by molar-refractivity contribution is -0.308. The lowest BCUT2D eigenvalue weighted by Gasteiger charge is -2.47. The molecule has 1 amide bonds. The number of rotatable bonds is 10. The van der Waals surface area contributed by atoms with Gasteiger partial charge in [0.05, 0.1) is 30.8 Å². The maximum atomic E-state index is 16.2. The fraction of sp³-hybridized carbons (Fsp3) is 0.955. The summed E-state index contributed by atoms with van der Waals surface area (Å²) in [5, 5.41) is 42.8. The summed E-state index contributed by atoms with van der Waals surface area (Å²) >= 11 is 0. The van der Waals surface area contributed by atoms with E-state index in [1.165, 1.54) is 0 Å². The Morgan fingerprint density at radius 1 is 1.03 bits per heavy atom. The van der Waals surface area contributed by atoms with E-state index in [0.29, 0.717) is 12.8 Å². The first kappa shape index (κ1) is 31.4. The van der Waals surface area contributed by atoms with Crippen LogP contribution in [0.5, 0.6) is 0 Å². The van der Waals surface area contributed by atoms with Crippen molar-refractivity contribution in [2.75, 3.05) is 19.7 Å². The zero-order valence-corrected chi connectivity index (χ0v) is 21.1. The third kappa shape index (κ3) is 7.14. The molecule has 38 heavy (non-hydrogen) atoms. The molecule has 2 aliphatic heterocycles. The van der Waals surface area contributed by atoms with Crippen molar-refractivity contribution in [2.45, 2.75) is 111 Å². The molecule has 0 aromatic rings. The number of hydrogen-bond acceptors (Lipinski definition) is 14. The Bertz CT molecular complexity index is 760. The normalized spacial score (nSPS) is 44.9. The third-order valence-corrected chi connectivity index (χ3v) is 7.32. The topological polar surface area (TPSA) is 277 Å². The highest BCUT2D eigenvalue weighted by atomic mass is 19.1. The third-order valence-electron chi connectivity index (χ3n) is 7.32. The predicted molar refractivity (Wildman–Crippen MR) is 130 cm³/mol. The van der Waals surface area contributed by atoms with E-state index in [4.69, 9.17) is 47.6 Å². The summed E-state index contributed by atoms with van der Waals surface area (Å²) < 4.78 is 39.1. The minimum Gasteiger partial charge on any atom is -0.394 e. The van der Waals surface area contributed by atoms with Crippen LogP contribution in [0.3, 0.4) is 0 Å². The minimum absolute atomic E-state index is 0.0322. The van der Waals surface area contributed by atoms with E-state index in [9.17, 15) is 25.2 Å². The Kier molecular flexibility index (Phi) is 11.6. The second-order valence-corrected chi connectivity index (χ2v) is 10.1. The molecule has 3 fully saturated rings. The molecule has 0 aromatic heterocycles. The van der Waals surface area contributed by atoms with Gasteiger partial charge in [0.2, 0.25) is 5.91 Å². The molecule has 6 unspecified atom stereocenters. The van der Waals surface area contributed by atoms with Crippen LogP contribution in [0.4, 0.5) is 4.39 Å². The summed E-state index contributed by atoms with van der Waals surface area (Å²) in [6.45, 7) is -0.383. The van der Waals surface area contributed by atoms with Gasteiger partial charge in [-0.2, -0.15) is 0 Å². The average Bonchev–Trinajstić information content (AvgIpc) is 2.89. The van der Waals surface area contributed by atoms with Gasteiger partial charge in [0, 0.05) is 12.6 Å². The molecule has 3 aliphatic rings. The summed E-state index contributed by atoms with van der Waals surface area (Å²) in [6.07, 6.45) is -12.3. The molecule has 1 aliphatic carbocycles. The standard InChI is InChI=1S/C22H43FN6O9/c23-14-18(37-21-9(26)2-1-8(6-25)35-21)10(27)5-11(29-20(34)12(31)3-4-24)19(14)38-22-17(33)15(28)16(32)13(7-30)36-22/h8-19,21-22,30-33H,1-7,24-28H2,(H,29,34)/t8?,9?,10-,11+,12-,13?,14?,15-,16-,17?,18?,19-,21+,22+/m0/s1. The van der Waals surface area contributed by atoms with Gasteiger partial charge in [-0.3, -0.25) is 4.79 Å². The number of alkyl halides is 1. The van der Waals surface area contributed by atoms with Crippen LogP contribution in [0.15, 0.2) is 0 Å². The van der Waals surface area contributed by atoms with Crippen molar-refractivity contribution < 1.29 is 48.6 Å². The molecule has 14 atom stereocenters. The van der Waals surface area contributed by atoms with Gasteiger partial charge in [-0.15, -0.1) is 0 Å². The van der Waals surface area contributed by atoms with Crippen molar-refractivity contribution in [1.82, 2.24) is 5.32 Å². The molecule has 15 nitrogen and oxygen atoms in total. The first-order valence-electron chi connectivity index (χ1n) is 12.9. The number of aliphatic hydroxyl groups excluding tert-OH is 4. The van der Waals surface area contributed by atoms with E-state index < -0.39 is 92.1 Å². The summed E-state index contributed by atoms with van der Waals surface area (Å²) in [5.74, 6) is -0.818. The summed E-state index contributed by atoms with van der Waals surface area (Å²) in [5.41, 5.74) is 29.4. The molecule has 0 spiro atoms. The number of ether oxygens (including phenoxy) is 4. The number of nitrogens with two attached hydrogens (primary N) is 5. The molecule has 0 aromatic carbocycles. The number of carbonyl (C=O) groups excluding carboxylic acids is 1. The fourth-order valence-electron chi connectivity index (χ4n) is 4.98. The Morgan fingerprint density at radius 2 is 1.71 bits per heavy atom. The molecule has 2 saturated heterocycles. The fourth-order valence-corrected chi connectivity index (χ4v) is 4.98. The zero-order chi connectivity index (χ0) is 28.1. The van der Waals surface area contributed by atoms with Crippen molar-refractivity contribution in [2.24, 2.45) is 28.7 Å². The zero-order valence-electron chi connectivity index (χ0n) is 21.1. The number of hydrogen-bond donors (Lipinski definition) is 10. The lowest BCUT2D eigenvalue weighted by atomic mass is 9.84. The number of carbonyl (C=O) groups is 1. The maximum Gasteiger partial charge on any atom is 0.249 e. The van der Waals surface area contributed by atoms with Crippen molar-refractivity contribution in [3.8, 4) is 0 Å². The van der Waals surface area contributed by atoms with Gasteiger partial charge in [-0.1, -0.05) is 0 Å². The van der Waals surface area contributed by atoms with Crippen LogP contribution in [0.25, 0.3) is 0 Å². The first-order chi connectivity index (χ1) is 18.0. The highest BCUT2D eigenvalue weighted by Gasteiger charge is 2.52. The average molecular weight is 555 g/mol.